The number of nitrogens with two attached hydrogens (primary N) is 1. The fourth-order valence-electron chi connectivity index (χ4n) is 6.89. The molecule has 4 aromatic carbocycles. The number of nitrogens with zero attached hydrogens (tertiary/aromatic N) is 8. The van der Waals surface area contributed by atoms with Crippen molar-refractivity contribution in [3.05, 3.63) is 150 Å². The number of carbonyl (C=O) groups excluding carboxylic acids is 1. The molecule has 1 amide bonds. The van der Waals surface area contributed by atoms with Crippen molar-refractivity contribution in [2.75, 3.05) is 10.6 Å². The Morgan fingerprint density at radius 2 is 1.43 bits per heavy atom. The Labute approximate surface area is 344 Å². The van der Waals surface area contributed by atoms with Gasteiger partial charge >= 0.3 is 0 Å². The Morgan fingerprint density at radius 1 is 0.741 bits per heavy atom. The first-order chi connectivity index (χ1) is 28.3. The van der Waals surface area contributed by atoms with Gasteiger partial charge in [0, 0.05) is 83.1 Å². The number of aryl methyl sites for hydroxylation is 2. The van der Waals surface area contributed by atoms with Gasteiger partial charge in [-0.2, -0.15) is 0 Å². The van der Waals surface area contributed by atoms with Crippen molar-refractivity contribution in [3.8, 4) is 22.3 Å². The second-order valence-electron chi connectivity index (χ2n) is 13.5. The van der Waals surface area contributed by atoms with E-state index in [1.54, 1.807) is 60.8 Å². The van der Waals surface area contributed by atoms with Gasteiger partial charge in [0.1, 0.15) is 12.1 Å². The van der Waals surface area contributed by atoms with Gasteiger partial charge in [-0.1, -0.05) is 18.2 Å². The van der Waals surface area contributed by atoms with E-state index in [9.17, 15) is 4.79 Å². The van der Waals surface area contributed by atoms with Crippen molar-refractivity contribution >= 4 is 99.1 Å². The second-order valence-corrected chi connectivity index (χ2v) is 15.2. The molecule has 0 radical (unpaired) electrons. The summed E-state index contributed by atoms with van der Waals surface area (Å²) in [6.45, 7) is 2.12. The summed E-state index contributed by atoms with van der Waals surface area (Å²) >= 11 is 5.22. The van der Waals surface area contributed by atoms with Crippen molar-refractivity contribution in [2.45, 2.75) is 6.92 Å². The maximum Gasteiger partial charge on any atom is 0.250 e. The molecular formula is C44H32BrN11OS. The Kier molecular flexibility index (Phi) is 9.69. The molecule has 6 aromatic heterocycles. The van der Waals surface area contributed by atoms with Crippen molar-refractivity contribution in [3.63, 3.8) is 0 Å². The van der Waals surface area contributed by atoms with Crippen LogP contribution in [0.5, 0.6) is 0 Å². The molecule has 10 rings (SSSR count). The Bertz CT molecular complexity index is 3180. The number of aromatic nitrogens is 8. The largest absolute Gasteiger partial charge is 0.366 e. The van der Waals surface area contributed by atoms with E-state index in [1.165, 1.54) is 32.9 Å². The molecule has 0 aliphatic rings. The monoisotopic (exact) mass is 841 g/mol. The lowest BCUT2D eigenvalue weighted by Crippen LogP contribution is -2.13. The van der Waals surface area contributed by atoms with Crippen LogP contribution in [0.25, 0.3) is 65.3 Å². The topological polar surface area (TPSA) is 162 Å². The third-order valence-electron chi connectivity index (χ3n) is 9.72. The molecule has 14 heteroatoms. The lowest BCUT2D eigenvalue weighted by atomic mass is 10.0. The third-order valence-corrected chi connectivity index (χ3v) is 11.4. The number of fused-ring (bicyclic) bond motifs is 4. The van der Waals surface area contributed by atoms with Crippen LogP contribution >= 0.6 is 27.3 Å². The number of primary amides is 1. The maximum atomic E-state index is 11.8. The fourth-order valence-corrected chi connectivity index (χ4v) is 8.14. The van der Waals surface area contributed by atoms with Gasteiger partial charge < -0.3 is 20.9 Å². The molecule has 58 heavy (non-hydrogen) atoms. The number of nitrogens with one attached hydrogen (secondary N) is 2. The molecule has 0 unspecified atom stereocenters. The molecule has 10 aromatic rings. The number of hydrogen-bond acceptors (Lipinski definition) is 11. The van der Waals surface area contributed by atoms with Crippen LogP contribution in [0, 0.1) is 6.92 Å². The smallest absolute Gasteiger partial charge is 0.250 e. The van der Waals surface area contributed by atoms with Crippen LogP contribution < -0.4 is 16.4 Å². The van der Waals surface area contributed by atoms with E-state index in [0.29, 0.717) is 17.1 Å². The average molecular weight is 843 g/mol. The molecule has 0 spiro atoms. The van der Waals surface area contributed by atoms with Gasteiger partial charge in [0.05, 0.1) is 44.0 Å². The standard InChI is InChI=1S/C23H17N5OS.C21H15BrN6/c1-13-12-30-21-3-2-14(8-17(13)21)18-9-15(10-19-22(18)27-7-6-26-19)28-20-11-25-5-4-16(20)23(24)29;1-28-7-4-13-2-3-14(8-19(13)28)16-9-15(10-18-20(16)25-6-5-24-18)27-21-17(22)11-23-12-26-21/h2-12,28H,1H3,(H2,24,29);2-12H,1H3,(H,23,26,27). The van der Waals surface area contributed by atoms with Gasteiger partial charge in [-0.3, -0.25) is 29.7 Å². The first kappa shape index (κ1) is 36.5. The molecule has 12 nitrogen and oxygen atoms in total. The molecular weight excluding hydrogens is 811 g/mol. The third kappa shape index (κ3) is 7.17. The number of benzene rings is 4. The van der Waals surface area contributed by atoms with Crippen molar-refractivity contribution in [1.82, 2.24) is 39.5 Å². The van der Waals surface area contributed by atoms with Crippen LogP contribution in [-0.2, 0) is 7.05 Å². The van der Waals surface area contributed by atoms with Gasteiger partial charge in [0.2, 0.25) is 0 Å². The highest BCUT2D eigenvalue weighted by molar-refractivity contribution is 9.10. The average Bonchev–Trinajstić information content (AvgIpc) is 3.81. The van der Waals surface area contributed by atoms with Crippen LogP contribution in [0.15, 0.2) is 139 Å². The molecule has 0 bridgehead atoms. The minimum Gasteiger partial charge on any atom is -0.366 e. The highest BCUT2D eigenvalue weighted by atomic mass is 79.9. The lowest BCUT2D eigenvalue weighted by molar-refractivity contribution is 0.100. The number of anilines is 4. The summed E-state index contributed by atoms with van der Waals surface area (Å²) in [5.74, 6) is 0.182. The number of thiophene rings is 1. The quantitative estimate of drug-likeness (QED) is 0.141. The zero-order chi connectivity index (χ0) is 39.8. The van der Waals surface area contributed by atoms with Crippen molar-refractivity contribution in [2.24, 2.45) is 12.8 Å². The van der Waals surface area contributed by atoms with Gasteiger partial charge in [-0.15, -0.1) is 11.3 Å². The van der Waals surface area contributed by atoms with Crippen LogP contribution in [0.3, 0.4) is 0 Å². The van der Waals surface area contributed by atoms with Crippen LogP contribution in [0.4, 0.5) is 22.9 Å². The van der Waals surface area contributed by atoms with E-state index in [-0.39, 0.29) is 0 Å². The molecule has 282 valence electrons. The van der Waals surface area contributed by atoms with Crippen molar-refractivity contribution < 1.29 is 4.79 Å². The highest BCUT2D eigenvalue weighted by Gasteiger charge is 2.15. The maximum absolute atomic E-state index is 11.8. The van der Waals surface area contributed by atoms with Gasteiger partial charge in [-0.05, 0) is 110 Å². The first-order valence-electron chi connectivity index (χ1n) is 18.1. The molecule has 0 fully saturated rings. The summed E-state index contributed by atoms with van der Waals surface area (Å²) < 4.78 is 4.16. The Morgan fingerprint density at radius 3 is 2.16 bits per heavy atom. The highest BCUT2D eigenvalue weighted by Crippen LogP contribution is 2.36. The summed E-state index contributed by atoms with van der Waals surface area (Å²) in [5, 5.41) is 11.2. The molecule has 0 saturated carbocycles. The van der Waals surface area contributed by atoms with Crippen LogP contribution in [0.2, 0.25) is 0 Å². The number of rotatable bonds is 7. The van der Waals surface area contributed by atoms with E-state index >= 15 is 0 Å². The first-order valence-corrected chi connectivity index (χ1v) is 19.7. The molecule has 0 aliphatic carbocycles. The minimum atomic E-state index is -0.515. The molecule has 4 N–H and O–H groups in total. The summed E-state index contributed by atoms with van der Waals surface area (Å²) in [6.07, 6.45) is 15.2. The summed E-state index contributed by atoms with van der Waals surface area (Å²) in [6, 6.07) is 24.5. The summed E-state index contributed by atoms with van der Waals surface area (Å²) in [4.78, 5) is 42.3. The van der Waals surface area contributed by atoms with E-state index in [0.717, 1.165) is 60.2 Å². The van der Waals surface area contributed by atoms with E-state index in [2.05, 4.69) is 140 Å². The number of pyridine rings is 1. The normalized spacial score (nSPS) is 11.2. The number of carbonyl (C=O) groups is 1. The number of hydrogen-bond donors (Lipinski definition) is 3. The zero-order valence-electron chi connectivity index (χ0n) is 31.1. The van der Waals surface area contributed by atoms with E-state index in [4.69, 9.17) is 5.73 Å². The summed E-state index contributed by atoms with van der Waals surface area (Å²) in [7, 11) is 2.05. The SMILES string of the molecule is Cc1csc2ccc(-c3cc(Nc4cnccc4C(N)=O)cc4nccnc34)cc12.Cn1ccc2ccc(-c3cc(Nc4ncncc4Br)cc4nccnc34)cc21. The van der Waals surface area contributed by atoms with E-state index in [1.807, 2.05) is 18.2 Å². The zero-order valence-corrected chi connectivity index (χ0v) is 33.5. The second kappa shape index (κ2) is 15.4. The van der Waals surface area contributed by atoms with Crippen LogP contribution in [-0.4, -0.2) is 45.4 Å². The van der Waals surface area contributed by atoms with E-state index < -0.39 is 5.91 Å². The lowest BCUT2D eigenvalue weighted by Gasteiger charge is -2.13. The molecule has 0 aliphatic heterocycles. The van der Waals surface area contributed by atoms with Crippen molar-refractivity contribution in [1.29, 1.82) is 0 Å². The predicted octanol–water partition coefficient (Wildman–Crippen LogP) is 10.1. The minimum absolute atomic E-state index is 0.376. The molecule has 6 heterocycles. The molecule has 0 saturated heterocycles. The molecule has 0 atom stereocenters. The summed E-state index contributed by atoms with van der Waals surface area (Å²) in [5.41, 5.74) is 17.9. The number of halogens is 1. The Hall–Kier alpha value is -7.16. The van der Waals surface area contributed by atoms with Gasteiger partial charge in [-0.25, -0.2) is 9.97 Å². The fraction of sp³-hybridized carbons (Fsp3) is 0.0455. The van der Waals surface area contributed by atoms with Crippen LogP contribution in [0.1, 0.15) is 15.9 Å². The van der Waals surface area contributed by atoms with Gasteiger partial charge in [0.15, 0.2) is 0 Å². The predicted molar refractivity (Wildman–Crippen MR) is 236 cm³/mol. The van der Waals surface area contributed by atoms with Gasteiger partial charge in [0.25, 0.3) is 5.91 Å². The number of amides is 1. The Balaban J connectivity index is 0.000000151.